The third-order valence-electron chi connectivity index (χ3n) is 4.26. The first-order valence-electron chi connectivity index (χ1n) is 8.49. The predicted molar refractivity (Wildman–Crippen MR) is 107 cm³/mol. The molecule has 0 unspecified atom stereocenters. The first-order valence-corrected chi connectivity index (χ1v) is 9.37. The Hall–Kier alpha value is -3.33. The van der Waals surface area contributed by atoms with Gasteiger partial charge in [0.15, 0.2) is 0 Å². The number of carbonyl (C=O) groups is 1. The van der Waals surface area contributed by atoms with Crippen molar-refractivity contribution >= 4 is 22.9 Å². The summed E-state index contributed by atoms with van der Waals surface area (Å²) in [5.74, 6) is -0.576. The van der Waals surface area contributed by atoms with E-state index < -0.39 is 22.0 Å². The smallest absolute Gasteiger partial charge is 0.286 e. The summed E-state index contributed by atoms with van der Waals surface area (Å²) in [6.45, 7) is 4.24. The molecule has 0 bridgehead atoms. The minimum atomic E-state index is -1.01. The van der Waals surface area contributed by atoms with Crippen molar-refractivity contribution in [1.82, 2.24) is 9.55 Å². The summed E-state index contributed by atoms with van der Waals surface area (Å²) in [7, 11) is 0. The number of rotatable bonds is 6. The Labute approximate surface area is 164 Å². The van der Waals surface area contributed by atoms with Crippen LogP contribution in [0.15, 0.2) is 46.7 Å². The van der Waals surface area contributed by atoms with Crippen molar-refractivity contribution in [3.05, 3.63) is 79.2 Å². The summed E-state index contributed by atoms with van der Waals surface area (Å²) in [6, 6.07) is 8.96. The van der Waals surface area contributed by atoms with Crippen LogP contribution >= 0.6 is 11.3 Å². The van der Waals surface area contributed by atoms with Crippen LogP contribution < -0.4 is 11.3 Å². The molecule has 0 saturated carbocycles. The fraction of sp³-hybridized carbons (Fsp3) is 0.211. The quantitative estimate of drug-likeness (QED) is 0.505. The predicted octanol–water partition coefficient (Wildman–Crippen LogP) is 3.15. The van der Waals surface area contributed by atoms with Crippen LogP contribution in [0.4, 0.5) is 5.69 Å². The van der Waals surface area contributed by atoms with Gasteiger partial charge in [0, 0.05) is 17.0 Å². The number of nitrogens with two attached hydrogens (primary N) is 1. The fourth-order valence-electron chi connectivity index (χ4n) is 2.71. The molecule has 144 valence electrons. The molecule has 0 spiro atoms. The Bertz CT molecular complexity index is 1100. The highest BCUT2D eigenvalue weighted by atomic mass is 32.1. The molecule has 8 nitrogen and oxygen atoms in total. The van der Waals surface area contributed by atoms with Crippen LogP contribution in [0.3, 0.4) is 0 Å². The Kier molecular flexibility index (Phi) is 5.36. The lowest BCUT2D eigenvalue weighted by atomic mass is 10.0. The molecule has 28 heavy (non-hydrogen) atoms. The molecule has 0 aliphatic heterocycles. The van der Waals surface area contributed by atoms with Gasteiger partial charge in [-0.1, -0.05) is 38.1 Å². The Morgan fingerprint density at radius 3 is 2.57 bits per heavy atom. The number of aromatic nitrogens is 2. The highest BCUT2D eigenvalue weighted by molar-refractivity contribution is 7.13. The fourth-order valence-corrected chi connectivity index (χ4v) is 3.53. The number of carbonyl (C=O) groups excluding carboxylic acids is 1. The van der Waals surface area contributed by atoms with Crippen LogP contribution in [0.1, 0.15) is 41.4 Å². The molecule has 0 fully saturated rings. The normalized spacial score (nSPS) is 11.0. The number of benzene rings is 1. The molecule has 1 amide bonds. The number of amides is 1. The minimum Gasteiger partial charge on any atom is -0.365 e. The highest BCUT2D eigenvalue weighted by Gasteiger charge is 2.18. The summed E-state index contributed by atoms with van der Waals surface area (Å²) in [4.78, 5) is 38.7. The number of pyridine rings is 1. The third-order valence-corrected chi connectivity index (χ3v) is 5.20. The van der Waals surface area contributed by atoms with Crippen molar-refractivity contribution in [2.75, 3.05) is 0 Å². The van der Waals surface area contributed by atoms with E-state index in [1.807, 2.05) is 24.3 Å². The Morgan fingerprint density at radius 1 is 1.32 bits per heavy atom. The van der Waals surface area contributed by atoms with Gasteiger partial charge in [-0.05, 0) is 11.5 Å². The molecule has 2 N–H and O–H groups in total. The van der Waals surface area contributed by atoms with E-state index >= 15 is 0 Å². The lowest BCUT2D eigenvalue weighted by Gasteiger charge is -2.06. The molecule has 2 heterocycles. The number of thiazole rings is 1. The minimum absolute atomic E-state index is 0.00136. The van der Waals surface area contributed by atoms with Gasteiger partial charge in [-0.3, -0.25) is 19.7 Å². The first kappa shape index (κ1) is 19.4. The molecular weight excluding hydrogens is 380 g/mol. The monoisotopic (exact) mass is 398 g/mol. The van der Waals surface area contributed by atoms with Gasteiger partial charge in [0.05, 0.1) is 23.4 Å². The van der Waals surface area contributed by atoms with E-state index in [-0.39, 0.29) is 12.2 Å². The second kappa shape index (κ2) is 7.73. The van der Waals surface area contributed by atoms with Gasteiger partial charge < -0.3 is 10.3 Å². The molecule has 0 aliphatic rings. The maximum absolute atomic E-state index is 12.4. The zero-order valence-corrected chi connectivity index (χ0v) is 16.1. The van der Waals surface area contributed by atoms with Gasteiger partial charge in [0.2, 0.25) is 0 Å². The zero-order chi connectivity index (χ0) is 20.4. The summed E-state index contributed by atoms with van der Waals surface area (Å²) in [5.41, 5.74) is 6.42. The standard InChI is InChI=1S/C19H18N4O4S/c1-11(2)12-3-5-13(6-4-12)18-21-14(10-28-18)8-22-9-15(23(26)27)7-16(17(20)24)19(22)25/h3-7,9-11H,8H2,1-2H3,(H2,20,24). The van der Waals surface area contributed by atoms with Gasteiger partial charge in [0.25, 0.3) is 17.2 Å². The van der Waals surface area contributed by atoms with Crippen LogP contribution in [0.25, 0.3) is 10.6 Å². The van der Waals surface area contributed by atoms with E-state index in [9.17, 15) is 19.7 Å². The van der Waals surface area contributed by atoms with Crippen molar-refractivity contribution in [3.63, 3.8) is 0 Å². The van der Waals surface area contributed by atoms with E-state index in [1.54, 1.807) is 5.38 Å². The van der Waals surface area contributed by atoms with Crippen molar-refractivity contribution in [3.8, 4) is 10.6 Å². The molecule has 0 radical (unpaired) electrons. The molecule has 2 aromatic heterocycles. The molecule has 0 atom stereocenters. The van der Waals surface area contributed by atoms with E-state index in [1.165, 1.54) is 16.9 Å². The van der Waals surface area contributed by atoms with Gasteiger partial charge in [-0.2, -0.15) is 0 Å². The summed E-state index contributed by atoms with van der Waals surface area (Å²) >= 11 is 1.41. The largest absolute Gasteiger partial charge is 0.365 e. The molecule has 9 heteroatoms. The number of hydrogen-bond acceptors (Lipinski definition) is 6. The van der Waals surface area contributed by atoms with Crippen LogP contribution in [0.2, 0.25) is 0 Å². The number of nitro groups is 1. The topological polar surface area (TPSA) is 121 Å². The molecule has 0 saturated heterocycles. The molecule has 3 aromatic rings. The molecule has 1 aromatic carbocycles. The highest BCUT2D eigenvalue weighted by Crippen LogP contribution is 2.26. The lowest BCUT2D eigenvalue weighted by molar-refractivity contribution is -0.385. The molecule has 3 rings (SSSR count). The maximum Gasteiger partial charge on any atom is 0.286 e. The van der Waals surface area contributed by atoms with Gasteiger partial charge in [0.1, 0.15) is 10.6 Å². The van der Waals surface area contributed by atoms with Crippen LogP contribution in [0, 0.1) is 10.1 Å². The second-order valence-corrected chi connectivity index (χ2v) is 7.45. The number of hydrogen-bond donors (Lipinski definition) is 1. The van der Waals surface area contributed by atoms with Crippen molar-refractivity contribution in [2.24, 2.45) is 5.73 Å². The molecule has 0 aliphatic carbocycles. The van der Waals surface area contributed by atoms with E-state index in [4.69, 9.17) is 5.73 Å². The van der Waals surface area contributed by atoms with Crippen LogP contribution in [-0.2, 0) is 6.54 Å². The maximum atomic E-state index is 12.4. The number of primary amides is 1. The molecular formula is C19H18N4O4S. The zero-order valence-electron chi connectivity index (χ0n) is 15.3. The van der Waals surface area contributed by atoms with E-state index in [0.717, 1.165) is 27.4 Å². The van der Waals surface area contributed by atoms with Crippen LogP contribution in [-0.4, -0.2) is 20.4 Å². The summed E-state index contributed by atoms with van der Waals surface area (Å²) < 4.78 is 1.08. The average Bonchev–Trinajstić information content (AvgIpc) is 3.11. The van der Waals surface area contributed by atoms with Gasteiger partial charge in [-0.25, -0.2) is 4.98 Å². The Morgan fingerprint density at radius 2 is 2.00 bits per heavy atom. The average molecular weight is 398 g/mol. The van der Waals surface area contributed by atoms with Gasteiger partial charge >= 0.3 is 0 Å². The lowest BCUT2D eigenvalue weighted by Crippen LogP contribution is -2.30. The summed E-state index contributed by atoms with van der Waals surface area (Å²) in [6.07, 6.45) is 1.09. The first-order chi connectivity index (χ1) is 13.3. The van der Waals surface area contributed by atoms with E-state index in [0.29, 0.717) is 11.6 Å². The Balaban J connectivity index is 1.92. The second-order valence-electron chi connectivity index (χ2n) is 6.59. The van der Waals surface area contributed by atoms with E-state index in [2.05, 4.69) is 18.8 Å². The third kappa shape index (κ3) is 3.99. The summed E-state index contributed by atoms with van der Waals surface area (Å²) in [5, 5.41) is 13.6. The number of nitrogens with zero attached hydrogens (tertiary/aromatic N) is 3. The van der Waals surface area contributed by atoms with Crippen LogP contribution in [0.5, 0.6) is 0 Å². The van der Waals surface area contributed by atoms with Crippen molar-refractivity contribution in [2.45, 2.75) is 26.3 Å². The SMILES string of the molecule is CC(C)c1ccc(-c2nc(Cn3cc([N+](=O)[O-])cc(C(N)=O)c3=O)cs2)cc1. The van der Waals surface area contributed by atoms with Crippen molar-refractivity contribution < 1.29 is 9.72 Å². The van der Waals surface area contributed by atoms with Crippen molar-refractivity contribution in [1.29, 1.82) is 0 Å². The van der Waals surface area contributed by atoms with Gasteiger partial charge in [-0.15, -0.1) is 11.3 Å².